The highest BCUT2D eigenvalue weighted by atomic mass is 16.2. The molecule has 0 aromatic heterocycles. The molecular formula is C6H7NO. The Morgan fingerprint density at radius 2 is 2.62 bits per heavy atom. The normalized spacial score (nSPS) is 40.8. The van der Waals surface area contributed by atoms with E-state index in [1.807, 2.05) is 6.08 Å². The Kier molecular flexibility index (Phi) is 0.583. The molecular weight excluding hydrogens is 102 g/mol. The van der Waals surface area contributed by atoms with Crippen LogP contribution in [0.2, 0.25) is 0 Å². The van der Waals surface area contributed by atoms with E-state index >= 15 is 0 Å². The lowest BCUT2D eigenvalue weighted by atomic mass is 9.95. The highest BCUT2D eigenvalue weighted by Crippen LogP contribution is 2.25. The summed E-state index contributed by atoms with van der Waals surface area (Å²) in [6, 6.07) is 0.461. The van der Waals surface area contributed by atoms with Gasteiger partial charge in [-0.15, -0.1) is 0 Å². The van der Waals surface area contributed by atoms with E-state index in [0.29, 0.717) is 6.04 Å². The third kappa shape index (κ3) is 0.312. The lowest BCUT2D eigenvalue weighted by molar-refractivity contribution is -0.131. The molecule has 0 spiro atoms. The van der Waals surface area contributed by atoms with Gasteiger partial charge in [0.25, 0.3) is 0 Å². The monoisotopic (exact) mass is 109 g/mol. The number of nitrogens with one attached hydrogen (secondary N) is 1. The van der Waals surface area contributed by atoms with Crippen LogP contribution < -0.4 is 5.32 Å². The van der Waals surface area contributed by atoms with E-state index < -0.39 is 0 Å². The molecule has 42 valence electrons. The predicted molar refractivity (Wildman–Crippen MR) is 29.2 cm³/mol. The van der Waals surface area contributed by atoms with Crippen molar-refractivity contribution in [2.24, 2.45) is 5.92 Å². The van der Waals surface area contributed by atoms with Gasteiger partial charge >= 0.3 is 0 Å². The molecule has 2 atom stereocenters. The maximum atomic E-state index is 10.5. The van der Waals surface area contributed by atoms with Crippen LogP contribution >= 0.6 is 0 Å². The van der Waals surface area contributed by atoms with Crippen molar-refractivity contribution in [1.82, 2.24) is 5.32 Å². The molecule has 1 aliphatic heterocycles. The van der Waals surface area contributed by atoms with Crippen molar-refractivity contribution < 1.29 is 4.79 Å². The van der Waals surface area contributed by atoms with E-state index in [1.54, 1.807) is 0 Å². The minimum atomic E-state index is 0.198. The third-order valence-electron chi connectivity index (χ3n) is 1.80. The second-order valence-corrected chi connectivity index (χ2v) is 2.30. The van der Waals surface area contributed by atoms with Crippen LogP contribution in [-0.4, -0.2) is 11.9 Å². The van der Waals surface area contributed by atoms with Gasteiger partial charge in [-0.3, -0.25) is 4.79 Å². The zero-order chi connectivity index (χ0) is 5.56. The molecule has 0 radical (unpaired) electrons. The van der Waals surface area contributed by atoms with Gasteiger partial charge in [0.05, 0.1) is 5.92 Å². The van der Waals surface area contributed by atoms with Crippen molar-refractivity contribution in [3.8, 4) is 0 Å². The smallest absolute Gasteiger partial charge is 0.229 e. The average molecular weight is 109 g/mol. The molecule has 0 aromatic rings. The lowest BCUT2D eigenvalue weighted by Gasteiger charge is -2.30. The number of carbonyl (C=O) groups excluding carboxylic acids is 1. The van der Waals surface area contributed by atoms with E-state index in [4.69, 9.17) is 0 Å². The Balaban J connectivity index is 2.21. The summed E-state index contributed by atoms with van der Waals surface area (Å²) in [5.41, 5.74) is 0. The van der Waals surface area contributed by atoms with Crippen molar-refractivity contribution in [3.63, 3.8) is 0 Å². The van der Waals surface area contributed by atoms with Gasteiger partial charge in [-0.05, 0) is 6.42 Å². The molecule has 1 aliphatic carbocycles. The van der Waals surface area contributed by atoms with Crippen LogP contribution in [0.5, 0.6) is 0 Å². The Bertz CT molecular complexity index is 162. The fourth-order valence-electron chi connectivity index (χ4n) is 1.25. The zero-order valence-electron chi connectivity index (χ0n) is 4.42. The maximum absolute atomic E-state index is 10.5. The summed E-state index contributed by atoms with van der Waals surface area (Å²) in [5, 5.41) is 2.80. The SMILES string of the molecule is O=C1N[C@@H]2CC=C[C@H]12. The molecule has 1 fully saturated rings. The quantitative estimate of drug-likeness (QED) is 0.346. The van der Waals surface area contributed by atoms with Crippen molar-refractivity contribution in [2.45, 2.75) is 12.5 Å². The van der Waals surface area contributed by atoms with Crippen molar-refractivity contribution in [1.29, 1.82) is 0 Å². The van der Waals surface area contributed by atoms with Gasteiger partial charge in [-0.2, -0.15) is 0 Å². The van der Waals surface area contributed by atoms with E-state index in [1.165, 1.54) is 0 Å². The molecule has 2 rings (SSSR count). The molecule has 2 heteroatoms. The summed E-state index contributed by atoms with van der Waals surface area (Å²) >= 11 is 0. The van der Waals surface area contributed by atoms with E-state index in [0.717, 1.165) is 6.42 Å². The van der Waals surface area contributed by atoms with Crippen LogP contribution in [0.25, 0.3) is 0 Å². The molecule has 1 N–H and O–H groups in total. The van der Waals surface area contributed by atoms with Gasteiger partial charge in [0.1, 0.15) is 0 Å². The fraction of sp³-hybridized carbons (Fsp3) is 0.500. The Morgan fingerprint density at radius 3 is 3.12 bits per heavy atom. The summed E-state index contributed by atoms with van der Waals surface area (Å²) in [4.78, 5) is 10.5. The lowest BCUT2D eigenvalue weighted by Crippen LogP contribution is -2.54. The van der Waals surface area contributed by atoms with Crippen molar-refractivity contribution in [3.05, 3.63) is 12.2 Å². The second-order valence-electron chi connectivity index (χ2n) is 2.30. The number of hydrogen-bond donors (Lipinski definition) is 1. The van der Waals surface area contributed by atoms with Crippen LogP contribution in [0.4, 0.5) is 0 Å². The van der Waals surface area contributed by atoms with Crippen molar-refractivity contribution >= 4 is 5.91 Å². The zero-order valence-corrected chi connectivity index (χ0v) is 4.42. The van der Waals surface area contributed by atoms with Gasteiger partial charge in [0.15, 0.2) is 0 Å². The molecule has 0 saturated carbocycles. The molecule has 1 heterocycles. The van der Waals surface area contributed by atoms with Crippen LogP contribution in [0.15, 0.2) is 12.2 Å². The molecule has 0 aromatic carbocycles. The number of rotatable bonds is 0. The first-order valence-corrected chi connectivity index (χ1v) is 2.85. The summed E-state index contributed by atoms with van der Waals surface area (Å²) in [6.07, 6.45) is 5.09. The minimum Gasteiger partial charge on any atom is -0.351 e. The topological polar surface area (TPSA) is 29.1 Å². The first kappa shape index (κ1) is 4.13. The average Bonchev–Trinajstić information content (AvgIpc) is 2.09. The standard InChI is InChI=1S/C6H7NO/c8-6-4-2-1-3-5(4)7-6/h1-2,4-5H,3H2,(H,7,8)/t4-,5+/m0/s1. The van der Waals surface area contributed by atoms with Gasteiger partial charge in [-0.25, -0.2) is 0 Å². The molecule has 1 amide bonds. The van der Waals surface area contributed by atoms with Crippen LogP contribution in [-0.2, 0) is 4.79 Å². The number of hydrogen-bond acceptors (Lipinski definition) is 1. The minimum absolute atomic E-state index is 0.198. The summed E-state index contributed by atoms with van der Waals surface area (Å²) in [6.45, 7) is 0. The number of amides is 1. The second kappa shape index (κ2) is 1.13. The van der Waals surface area contributed by atoms with E-state index in [-0.39, 0.29) is 11.8 Å². The molecule has 0 bridgehead atoms. The van der Waals surface area contributed by atoms with Crippen LogP contribution in [0.1, 0.15) is 6.42 Å². The molecule has 2 nitrogen and oxygen atoms in total. The fourth-order valence-corrected chi connectivity index (χ4v) is 1.25. The number of β-lactam (4-membered cyclic amide) rings is 1. The van der Waals surface area contributed by atoms with E-state index in [9.17, 15) is 4.79 Å². The van der Waals surface area contributed by atoms with Gasteiger partial charge < -0.3 is 5.32 Å². The molecule has 8 heavy (non-hydrogen) atoms. The number of carbonyl (C=O) groups is 1. The highest BCUT2D eigenvalue weighted by Gasteiger charge is 2.38. The van der Waals surface area contributed by atoms with Gasteiger partial charge in [0.2, 0.25) is 5.91 Å². The summed E-state index contributed by atoms with van der Waals surface area (Å²) in [5.74, 6) is 0.429. The first-order valence-electron chi connectivity index (χ1n) is 2.85. The summed E-state index contributed by atoms with van der Waals surface area (Å²) < 4.78 is 0. The largest absolute Gasteiger partial charge is 0.351 e. The van der Waals surface area contributed by atoms with E-state index in [2.05, 4.69) is 11.4 Å². The maximum Gasteiger partial charge on any atom is 0.229 e. The van der Waals surface area contributed by atoms with Gasteiger partial charge in [-0.1, -0.05) is 12.2 Å². The molecule has 0 unspecified atom stereocenters. The Labute approximate surface area is 47.6 Å². The first-order chi connectivity index (χ1) is 3.88. The third-order valence-corrected chi connectivity index (χ3v) is 1.80. The van der Waals surface area contributed by atoms with Crippen molar-refractivity contribution in [2.75, 3.05) is 0 Å². The number of fused-ring (bicyclic) bond motifs is 1. The Hall–Kier alpha value is -0.790. The highest BCUT2D eigenvalue weighted by molar-refractivity contribution is 5.88. The van der Waals surface area contributed by atoms with Gasteiger partial charge in [0, 0.05) is 6.04 Å². The molecule has 1 saturated heterocycles. The van der Waals surface area contributed by atoms with Crippen LogP contribution in [0.3, 0.4) is 0 Å². The molecule has 2 aliphatic rings. The predicted octanol–water partition coefficient (Wildman–Crippen LogP) is 0.0609. The Morgan fingerprint density at radius 1 is 1.75 bits per heavy atom. The summed E-state index contributed by atoms with van der Waals surface area (Å²) in [7, 11) is 0. The van der Waals surface area contributed by atoms with Crippen LogP contribution in [0, 0.1) is 5.92 Å².